The summed E-state index contributed by atoms with van der Waals surface area (Å²) in [5, 5.41) is -0.534. The number of aromatic nitrogens is 3. The van der Waals surface area contributed by atoms with Crippen LogP contribution in [-0.4, -0.2) is 34.1 Å². The van der Waals surface area contributed by atoms with Crippen molar-refractivity contribution in [3.05, 3.63) is 180 Å². The second-order valence-electron chi connectivity index (χ2n) is 12.8. The largest absolute Gasteiger partial charge is 0.310 e. The summed E-state index contributed by atoms with van der Waals surface area (Å²) in [6.07, 6.45) is 3.74. The number of benzene rings is 5. The monoisotopic (exact) mass is 674 g/mol. The van der Waals surface area contributed by atoms with E-state index in [9.17, 15) is 13.2 Å². The Morgan fingerprint density at radius 3 is 1.78 bits per heavy atom. The Kier molecular flexibility index (Phi) is 7.68. The van der Waals surface area contributed by atoms with Crippen LogP contribution in [0.5, 0.6) is 0 Å². The Labute approximate surface area is 291 Å². The SMILES string of the molecule is CC(C)S(=O)(=O)c1ccc(-c2cnc3c(n2)c(N2Cc4ccccc4C2=O)cn3C(c2ccccc2)(c2ccccc2)c2ccccc2)cc1. The molecule has 3 heterocycles. The van der Waals surface area contributed by atoms with Gasteiger partial charge in [0.05, 0.1) is 34.3 Å². The number of hydrogen-bond acceptors (Lipinski definition) is 5. The summed E-state index contributed by atoms with van der Waals surface area (Å²) in [5.74, 6) is -0.0974. The third-order valence-corrected chi connectivity index (χ3v) is 11.8. The fourth-order valence-electron chi connectivity index (χ4n) is 7.06. The van der Waals surface area contributed by atoms with E-state index < -0.39 is 20.6 Å². The minimum atomic E-state index is -3.44. The normalized spacial score (nSPS) is 13.3. The molecule has 8 rings (SSSR count). The van der Waals surface area contributed by atoms with Crippen molar-refractivity contribution in [3.63, 3.8) is 0 Å². The molecular formula is C42H34N4O3S. The molecule has 2 aromatic heterocycles. The lowest BCUT2D eigenvalue weighted by molar-refractivity contribution is 0.0996. The van der Waals surface area contributed by atoms with Gasteiger partial charge in [0, 0.05) is 17.3 Å². The first-order valence-electron chi connectivity index (χ1n) is 16.6. The van der Waals surface area contributed by atoms with E-state index in [2.05, 4.69) is 41.0 Å². The molecule has 8 heteroatoms. The van der Waals surface area contributed by atoms with Crippen LogP contribution < -0.4 is 4.90 Å². The average Bonchev–Trinajstić information content (AvgIpc) is 3.70. The highest BCUT2D eigenvalue weighted by atomic mass is 32.2. The van der Waals surface area contributed by atoms with Gasteiger partial charge >= 0.3 is 0 Å². The van der Waals surface area contributed by atoms with Crippen LogP contribution in [-0.2, 0) is 21.9 Å². The lowest BCUT2D eigenvalue weighted by atomic mass is 9.76. The number of carbonyl (C=O) groups is 1. The third-order valence-electron chi connectivity index (χ3n) is 9.62. The predicted molar refractivity (Wildman–Crippen MR) is 197 cm³/mol. The van der Waals surface area contributed by atoms with E-state index in [0.29, 0.717) is 34.7 Å². The van der Waals surface area contributed by atoms with Gasteiger partial charge in [0.2, 0.25) is 0 Å². The Hall–Kier alpha value is -5.86. The van der Waals surface area contributed by atoms with Gasteiger partial charge in [0.1, 0.15) is 11.1 Å². The number of nitrogens with zero attached hydrogens (tertiary/aromatic N) is 4. The van der Waals surface area contributed by atoms with Crippen molar-refractivity contribution in [3.8, 4) is 11.3 Å². The smallest absolute Gasteiger partial charge is 0.259 e. The average molecular weight is 675 g/mol. The number of sulfone groups is 1. The van der Waals surface area contributed by atoms with E-state index >= 15 is 0 Å². The van der Waals surface area contributed by atoms with Crippen molar-refractivity contribution in [1.82, 2.24) is 14.5 Å². The van der Waals surface area contributed by atoms with Gasteiger partial charge in [-0.3, -0.25) is 4.79 Å². The van der Waals surface area contributed by atoms with Gasteiger partial charge in [0.15, 0.2) is 15.5 Å². The van der Waals surface area contributed by atoms with Crippen LogP contribution in [0.1, 0.15) is 46.5 Å². The summed E-state index contributed by atoms with van der Waals surface area (Å²) >= 11 is 0. The summed E-state index contributed by atoms with van der Waals surface area (Å²) < 4.78 is 27.9. The molecule has 50 heavy (non-hydrogen) atoms. The van der Waals surface area contributed by atoms with Crippen LogP contribution in [0.3, 0.4) is 0 Å². The molecule has 0 bridgehead atoms. The molecule has 0 radical (unpaired) electrons. The van der Waals surface area contributed by atoms with E-state index in [0.717, 1.165) is 27.8 Å². The zero-order valence-electron chi connectivity index (χ0n) is 27.6. The molecule has 7 aromatic rings. The zero-order chi connectivity index (χ0) is 34.5. The van der Waals surface area contributed by atoms with Crippen molar-refractivity contribution in [2.45, 2.75) is 36.1 Å². The molecule has 0 saturated carbocycles. The van der Waals surface area contributed by atoms with Gasteiger partial charge in [0.25, 0.3) is 5.91 Å². The van der Waals surface area contributed by atoms with Crippen LogP contribution in [0.15, 0.2) is 157 Å². The highest BCUT2D eigenvalue weighted by Gasteiger charge is 2.42. The molecule has 1 aliphatic rings. The summed E-state index contributed by atoms with van der Waals surface area (Å²) in [6.45, 7) is 3.75. The minimum absolute atomic E-state index is 0.0974. The van der Waals surface area contributed by atoms with Gasteiger partial charge in [-0.05, 0) is 54.3 Å². The maximum Gasteiger partial charge on any atom is 0.259 e. The lowest BCUT2D eigenvalue weighted by Gasteiger charge is -2.38. The predicted octanol–water partition coefficient (Wildman–Crippen LogP) is 8.28. The Bertz CT molecular complexity index is 2360. The maximum atomic E-state index is 14.1. The number of amides is 1. The second kappa shape index (κ2) is 12.2. The quantitative estimate of drug-likeness (QED) is 0.152. The Morgan fingerprint density at radius 2 is 1.24 bits per heavy atom. The first-order valence-corrected chi connectivity index (χ1v) is 18.1. The Morgan fingerprint density at radius 1 is 0.700 bits per heavy atom. The van der Waals surface area contributed by atoms with Crippen LogP contribution in [0.25, 0.3) is 22.4 Å². The molecule has 5 aromatic carbocycles. The maximum absolute atomic E-state index is 14.1. The minimum Gasteiger partial charge on any atom is -0.310 e. The summed E-state index contributed by atoms with van der Waals surface area (Å²) in [7, 11) is -3.44. The molecule has 0 spiro atoms. The number of fused-ring (bicyclic) bond motifs is 2. The molecular weight excluding hydrogens is 641 g/mol. The van der Waals surface area contributed by atoms with Crippen LogP contribution in [0.2, 0.25) is 0 Å². The number of carbonyl (C=O) groups excluding carboxylic acids is 1. The molecule has 0 atom stereocenters. The standard InChI is InChI=1S/C42H34N4O3S/c1-29(2)50(48,49)35-24-22-30(23-25-35)37-26-43-40-39(44-37)38(45-27-31-14-12-13-21-36(31)41(45)47)28-46(40)42(32-15-6-3-7-16-32,33-17-8-4-9-18-33)34-19-10-5-11-20-34/h3-26,28-29H,27H2,1-2H3. The molecule has 0 N–H and O–H groups in total. The van der Waals surface area contributed by atoms with Crippen molar-refractivity contribution in [2.75, 3.05) is 4.90 Å². The second-order valence-corrected chi connectivity index (χ2v) is 15.3. The van der Waals surface area contributed by atoms with Crippen molar-refractivity contribution in [1.29, 1.82) is 0 Å². The molecule has 1 aliphatic heterocycles. The summed E-state index contributed by atoms with van der Waals surface area (Å²) in [4.78, 5) is 26.4. The van der Waals surface area contributed by atoms with Gasteiger partial charge < -0.3 is 9.47 Å². The molecule has 1 amide bonds. The first kappa shape index (κ1) is 31.4. The van der Waals surface area contributed by atoms with Crippen LogP contribution in [0.4, 0.5) is 5.69 Å². The highest BCUT2D eigenvalue weighted by Crippen LogP contribution is 2.45. The van der Waals surface area contributed by atoms with Gasteiger partial charge in [-0.1, -0.05) is 121 Å². The molecule has 7 nitrogen and oxygen atoms in total. The zero-order valence-corrected chi connectivity index (χ0v) is 28.5. The van der Waals surface area contributed by atoms with E-state index in [1.807, 2.05) is 85.1 Å². The highest BCUT2D eigenvalue weighted by molar-refractivity contribution is 7.92. The number of rotatable bonds is 8. The van der Waals surface area contributed by atoms with E-state index in [-0.39, 0.29) is 10.8 Å². The van der Waals surface area contributed by atoms with Crippen LogP contribution in [0, 0.1) is 0 Å². The van der Waals surface area contributed by atoms with Crippen molar-refractivity contribution < 1.29 is 13.2 Å². The van der Waals surface area contributed by atoms with E-state index in [1.54, 1.807) is 49.2 Å². The Balaban J connectivity index is 1.41. The van der Waals surface area contributed by atoms with Gasteiger partial charge in [-0.15, -0.1) is 0 Å². The number of anilines is 1. The molecule has 0 unspecified atom stereocenters. The molecule has 0 saturated heterocycles. The van der Waals surface area contributed by atoms with Crippen molar-refractivity contribution >= 4 is 32.6 Å². The molecule has 246 valence electrons. The van der Waals surface area contributed by atoms with Gasteiger partial charge in [-0.25, -0.2) is 18.4 Å². The number of hydrogen-bond donors (Lipinski definition) is 0. The third kappa shape index (κ3) is 4.94. The fourth-order valence-corrected chi connectivity index (χ4v) is 8.12. The lowest BCUT2D eigenvalue weighted by Crippen LogP contribution is -2.37. The topological polar surface area (TPSA) is 85.2 Å². The molecule has 0 aliphatic carbocycles. The summed E-state index contributed by atoms with van der Waals surface area (Å²) in [5.41, 5.74) is 6.87. The van der Waals surface area contributed by atoms with Gasteiger partial charge in [-0.2, -0.15) is 0 Å². The fraction of sp³-hybridized carbons (Fsp3) is 0.119. The van der Waals surface area contributed by atoms with E-state index in [4.69, 9.17) is 9.97 Å². The van der Waals surface area contributed by atoms with E-state index in [1.165, 1.54) is 0 Å². The summed E-state index contributed by atoms with van der Waals surface area (Å²) in [6, 6.07) is 45.4. The van der Waals surface area contributed by atoms with Crippen LogP contribution >= 0.6 is 0 Å². The first-order chi connectivity index (χ1) is 24.3. The molecule has 0 fully saturated rings. The van der Waals surface area contributed by atoms with Crippen molar-refractivity contribution in [2.24, 2.45) is 0 Å².